The minimum Gasteiger partial charge on any atom is -0.379 e. The molecule has 2 aromatic rings. The molecule has 152 valence electrons. The maximum Gasteiger partial charge on any atom is 0.282 e. The zero-order valence-electron chi connectivity index (χ0n) is 15.9. The van der Waals surface area contributed by atoms with Crippen molar-refractivity contribution in [2.75, 3.05) is 44.7 Å². The predicted molar refractivity (Wildman–Crippen MR) is 109 cm³/mol. The number of ether oxygens (including phenoxy) is 1. The van der Waals surface area contributed by atoms with E-state index in [1.165, 1.54) is 4.31 Å². The first-order valence-electron chi connectivity index (χ1n) is 9.52. The Balaban J connectivity index is 1.47. The number of nitrogens with one attached hydrogen (secondary N) is 1. The summed E-state index contributed by atoms with van der Waals surface area (Å²) in [6, 6.07) is 5.85. The van der Waals surface area contributed by atoms with Gasteiger partial charge in [0.2, 0.25) is 0 Å². The minimum absolute atomic E-state index is 0.0874. The fourth-order valence-corrected chi connectivity index (χ4v) is 5.94. The zero-order valence-corrected chi connectivity index (χ0v) is 17.5. The van der Waals surface area contributed by atoms with Crippen molar-refractivity contribution in [1.82, 2.24) is 18.6 Å². The van der Waals surface area contributed by atoms with Crippen LogP contribution >= 0.6 is 11.3 Å². The molecule has 0 saturated carbocycles. The quantitative estimate of drug-likeness (QED) is 0.794. The predicted octanol–water partition coefficient (Wildman–Crippen LogP) is 2.35. The molecule has 28 heavy (non-hydrogen) atoms. The molecule has 0 unspecified atom stereocenters. The SMILES string of the molecule is Cc1cnc(Nc2cccc([C@H]3CCCN(S(=O)(=O)N4CCOCC4)C3)n2)s1. The maximum absolute atomic E-state index is 13.0. The number of anilines is 2. The monoisotopic (exact) mass is 423 g/mol. The van der Waals surface area contributed by atoms with Crippen LogP contribution in [0, 0.1) is 6.92 Å². The lowest BCUT2D eigenvalue weighted by Crippen LogP contribution is -2.51. The van der Waals surface area contributed by atoms with Gasteiger partial charge in [-0.3, -0.25) is 0 Å². The number of hydrogen-bond acceptors (Lipinski definition) is 7. The molecule has 2 aliphatic rings. The molecule has 1 N–H and O–H groups in total. The van der Waals surface area contributed by atoms with E-state index in [9.17, 15) is 8.42 Å². The van der Waals surface area contributed by atoms with E-state index in [2.05, 4.69) is 10.3 Å². The highest BCUT2D eigenvalue weighted by atomic mass is 32.2. The smallest absolute Gasteiger partial charge is 0.282 e. The van der Waals surface area contributed by atoms with Gasteiger partial charge >= 0.3 is 0 Å². The number of hydrogen-bond donors (Lipinski definition) is 1. The highest BCUT2D eigenvalue weighted by Gasteiger charge is 2.35. The number of thiazole rings is 1. The lowest BCUT2D eigenvalue weighted by atomic mass is 9.96. The third kappa shape index (κ3) is 4.36. The molecule has 2 aromatic heterocycles. The van der Waals surface area contributed by atoms with Crippen LogP contribution in [0.3, 0.4) is 0 Å². The highest BCUT2D eigenvalue weighted by molar-refractivity contribution is 7.86. The second kappa shape index (κ2) is 8.42. The van der Waals surface area contributed by atoms with Gasteiger partial charge in [-0.1, -0.05) is 6.07 Å². The number of morpholine rings is 1. The number of nitrogens with zero attached hydrogens (tertiary/aromatic N) is 4. The lowest BCUT2D eigenvalue weighted by Gasteiger charge is -2.36. The lowest BCUT2D eigenvalue weighted by molar-refractivity contribution is 0.0695. The Morgan fingerprint density at radius 1 is 1.21 bits per heavy atom. The van der Waals surface area contributed by atoms with Crippen LogP contribution in [0.5, 0.6) is 0 Å². The summed E-state index contributed by atoms with van der Waals surface area (Å²) in [5.74, 6) is 0.823. The Morgan fingerprint density at radius 2 is 2.04 bits per heavy atom. The summed E-state index contributed by atoms with van der Waals surface area (Å²) >= 11 is 1.58. The molecule has 2 fully saturated rings. The number of piperidine rings is 1. The van der Waals surface area contributed by atoms with Crippen molar-refractivity contribution in [1.29, 1.82) is 0 Å². The van der Waals surface area contributed by atoms with Crippen LogP contribution in [0.25, 0.3) is 0 Å². The summed E-state index contributed by atoms with van der Waals surface area (Å²) < 4.78 is 34.4. The van der Waals surface area contributed by atoms with Gasteiger partial charge in [-0.05, 0) is 31.9 Å². The molecule has 0 radical (unpaired) electrons. The van der Waals surface area contributed by atoms with Crippen LogP contribution in [0.1, 0.15) is 29.3 Å². The van der Waals surface area contributed by atoms with E-state index < -0.39 is 10.2 Å². The van der Waals surface area contributed by atoms with Crippen molar-refractivity contribution in [2.24, 2.45) is 0 Å². The molecule has 4 rings (SSSR count). The highest BCUT2D eigenvalue weighted by Crippen LogP contribution is 2.29. The van der Waals surface area contributed by atoms with Gasteiger partial charge in [-0.15, -0.1) is 11.3 Å². The van der Waals surface area contributed by atoms with Gasteiger partial charge < -0.3 is 10.1 Å². The molecule has 0 bridgehead atoms. The molecule has 4 heterocycles. The summed E-state index contributed by atoms with van der Waals surface area (Å²) in [5.41, 5.74) is 0.917. The minimum atomic E-state index is -3.45. The Morgan fingerprint density at radius 3 is 2.79 bits per heavy atom. The summed E-state index contributed by atoms with van der Waals surface area (Å²) in [6.45, 7) is 4.81. The largest absolute Gasteiger partial charge is 0.379 e. The number of pyridine rings is 1. The Kier molecular flexibility index (Phi) is 5.93. The molecule has 8 nitrogen and oxygen atoms in total. The van der Waals surface area contributed by atoms with Crippen molar-refractivity contribution in [3.63, 3.8) is 0 Å². The van der Waals surface area contributed by atoms with Crippen molar-refractivity contribution in [3.05, 3.63) is 35.0 Å². The molecule has 0 amide bonds. The topological polar surface area (TPSA) is 87.7 Å². The van der Waals surface area contributed by atoms with Gasteiger partial charge in [0.25, 0.3) is 10.2 Å². The van der Waals surface area contributed by atoms with Crippen LogP contribution in [0.4, 0.5) is 10.9 Å². The van der Waals surface area contributed by atoms with Gasteiger partial charge in [-0.25, -0.2) is 9.97 Å². The summed E-state index contributed by atoms with van der Waals surface area (Å²) in [6.07, 6.45) is 3.59. The molecule has 0 aromatic carbocycles. The standard InChI is InChI=1S/C18H25N5O3S2/c1-14-12-19-18(27-14)21-17-6-2-5-16(20-17)15-4-3-7-23(13-15)28(24,25)22-8-10-26-11-9-22/h2,5-6,12,15H,3-4,7-11,13H2,1H3,(H,19,20,21)/t15-/m0/s1. The number of aryl methyl sites for hydroxylation is 1. The molecule has 1 atom stereocenters. The summed E-state index contributed by atoms with van der Waals surface area (Å²) in [5, 5.41) is 4.05. The number of aromatic nitrogens is 2. The van der Waals surface area contributed by atoms with E-state index in [0.717, 1.165) is 34.4 Å². The van der Waals surface area contributed by atoms with Crippen molar-refractivity contribution < 1.29 is 13.2 Å². The van der Waals surface area contributed by atoms with Crippen LogP contribution < -0.4 is 5.32 Å². The molecular weight excluding hydrogens is 398 g/mol. The fourth-order valence-electron chi connectivity index (χ4n) is 3.60. The van der Waals surface area contributed by atoms with E-state index in [-0.39, 0.29) is 5.92 Å². The van der Waals surface area contributed by atoms with E-state index in [0.29, 0.717) is 39.4 Å². The second-order valence-corrected chi connectivity index (χ2v) is 10.2. The van der Waals surface area contributed by atoms with Gasteiger partial charge in [0.1, 0.15) is 5.82 Å². The zero-order chi connectivity index (χ0) is 19.6. The Hall–Kier alpha value is -1.59. The van der Waals surface area contributed by atoms with Crippen LogP contribution in [-0.2, 0) is 14.9 Å². The van der Waals surface area contributed by atoms with Crippen LogP contribution in [-0.4, -0.2) is 66.4 Å². The van der Waals surface area contributed by atoms with Crippen molar-refractivity contribution >= 4 is 32.5 Å². The van der Waals surface area contributed by atoms with E-state index in [1.54, 1.807) is 15.6 Å². The molecular formula is C18H25N5O3S2. The Labute approximate surface area is 169 Å². The molecule has 2 aliphatic heterocycles. The van der Waals surface area contributed by atoms with E-state index >= 15 is 0 Å². The van der Waals surface area contributed by atoms with E-state index in [4.69, 9.17) is 9.72 Å². The summed E-state index contributed by atoms with van der Waals surface area (Å²) in [7, 11) is -3.45. The molecule has 0 aliphatic carbocycles. The molecule has 0 spiro atoms. The van der Waals surface area contributed by atoms with Crippen LogP contribution in [0.15, 0.2) is 24.4 Å². The first-order chi connectivity index (χ1) is 13.5. The van der Waals surface area contributed by atoms with Gasteiger partial charge in [0.05, 0.1) is 13.2 Å². The maximum atomic E-state index is 13.0. The number of rotatable bonds is 5. The fraction of sp³-hybridized carbons (Fsp3) is 0.556. The first-order valence-corrected chi connectivity index (χ1v) is 11.7. The van der Waals surface area contributed by atoms with Crippen molar-refractivity contribution in [2.45, 2.75) is 25.7 Å². The average molecular weight is 424 g/mol. The Bertz CT molecular complexity index is 911. The average Bonchev–Trinajstić information content (AvgIpc) is 3.13. The van der Waals surface area contributed by atoms with E-state index in [1.807, 2.05) is 31.3 Å². The van der Waals surface area contributed by atoms with Gasteiger partial charge in [0.15, 0.2) is 5.13 Å². The summed E-state index contributed by atoms with van der Waals surface area (Å²) in [4.78, 5) is 10.2. The normalized spacial score (nSPS) is 22.2. The third-order valence-corrected chi connectivity index (χ3v) is 7.88. The molecule has 10 heteroatoms. The second-order valence-electron chi connectivity index (χ2n) is 7.07. The third-order valence-electron chi connectivity index (χ3n) is 5.05. The first kappa shape index (κ1) is 19.7. The molecule has 2 saturated heterocycles. The van der Waals surface area contributed by atoms with Crippen molar-refractivity contribution in [3.8, 4) is 0 Å². The van der Waals surface area contributed by atoms with Gasteiger partial charge in [-0.2, -0.15) is 17.0 Å². The van der Waals surface area contributed by atoms with Gasteiger partial charge in [0, 0.05) is 48.9 Å². The van der Waals surface area contributed by atoms with Crippen LogP contribution in [0.2, 0.25) is 0 Å².